The van der Waals surface area contributed by atoms with Crippen LogP contribution in [0, 0.1) is 19.8 Å². The maximum absolute atomic E-state index is 13.5. The van der Waals surface area contributed by atoms with Gasteiger partial charge in [0.15, 0.2) is 0 Å². The molecule has 0 spiro atoms. The van der Waals surface area contributed by atoms with Gasteiger partial charge in [0.1, 0.15) is 18.1 Å². The molecule has 3 aromatic carbocycles. The van der Waals surface area contributed by atoms with E-state index in [1.165, 1.54) is 0 Å². The van der Waals surface area contributed by atoms with Crippen LogP contribution in [0.25, 0.3) is 16.8 Å². The van der Waals surface area contributed by atoms with Crippen molar-refractivity contribution in [2.24, 2.45) is 5.92 Å². The second kappa shape index (κ2) is 11.8. The number of methoxy groups -OCH3 is 1. The van der Waals surface area contributed by atoms with Crippen molar-refractivity contribution in [1.82, 2.24) is 14.7 Å². The number of ether oxygens (including phenoxy) is 1. The Morgan fingerprint density at radius 2 is 1.61 bits per heavy atom. The molecule has 2 amide bonds. The fraction of sp³-hybridized carbons (Fsp3) is 0.258. The van der Waals surface area contributed by atoms with Crippen molar-refractivity contribution in [1.29, 1.82) is 0 Å². The molecule has 0 fully saturated rings. The highest BCUT2D eigenvalue weighted by Crippen LogP contribution is 2.33. The van der Waals surface area contributed by atoms with Crippen LogP contribution in [0.1, 0.15) is 35.5 Å². The summed E-state index contributed by atoms with van der Waals surface area (Å²) in [6, 6.07) is 24.7. The monoisotopic (exact) mass is 510 g/mol. The summed E-state index contributed by atoms with van der Waals surface area (Å²) in [6.07, 6.45) is 0. The van der Waals surface area contributed by atoms with Gasteiger partial charge in [-0.2, -0.15) is 5.10 Å². The molecule has 0 aliphatic rings. The summed E-state index contributed by atoms with van der Waals surface area (Å²) >= 11 is 0. The first-order chi connectivity index (χ1) is 18.3. The van der Waals surface area contributed by atoms with Crippen LogP contribution >= 0.6 is 0 Å². The molecule has 0 aliphatic heterocycles. The van der Waals surface area contributed by atoms with Gasteiger partial charge in [-0.25, -0.2) is 4.68 Å². The zero-order valence-corrected chi connectivity index (χ0v) is 22.6. The highest BCUT2D eigenvalue weighted by atomic mass is 16.5. The van der Waals surface area contributed by atoms with E-state index in [0.29, 0.717) is 17.9 Å². The molecular formula is C31H34N4O3. The minimum atomic E-state index is -0.294. The Kier molecular flexibility index (Phi) is 8.26. The number of nitrogens with one attached hydrogen (secondary N) is 1. The fourth-order valence-corrected chi connectivity index (χ4v) is 4.39. The molecule has 0 radical (unpaired) electrons. The molecule has 0 atom stereocenters. The largest absolute Gasteiger partial charge is 0.497 e. The zero-order valence-electron chi connectivity index (χ0n) is 22.6. The van der Waals surface area contributed by atoms with Crippen molar-refractivity contribution in [3.63, 3.8) is 0 Å². The van der Waals surface area contributed by atoms with Gasteiger partial charge in [-0.05, 0) is 61.7 Å². The van der Waals surface area contributed by atoms with Crippen LogP contribution in [0.5, 0.6) is 5.75 Å². The van der Waals surface area contributed by atoms with E-state index in [1.807, 2.05) is 94.4 Å². The first-order valence-electron chi connectivity index (χ1n) is 12.7. The van der Waals surface area contributed by atoms with Gasteiger partial charge in [-0.15, -0.1) is 0 Å². The molecule has 38 heavy (non-hydrogen) atoms. The van der Waals surface area contributed by atoms with E-state index in [9.17, 15) is 9.59 Å². The molecule has 0 saturated carbocycles. The quantitative estimate of drug-likeness (QED) is 0.304. The van der Waals surface area contributed by atoms with Crippen molar-refractivity contribution >= 4 is 17.6 Å². The molecule has 0 saturated heterocycles. The van der Waals surface area contributed by atoms with Gasteiger partial charge in [0, 0.05) is 17.7 Å². The highest BCUT2D eigenvalue weighted by Gasteiger charge is 2.24. The van der Waals surface area contributed by atoms with Crippen LogP contribution in [0.15, 0.2) is 78.9 Å². The number of aryl methyl sites for hydroxylation is 2. The normalized spacial score (nSPS) is 10.9. The smallest absolute Gasteiger partial charge is 0.254 e. The second-order valence-corrected chi connectivity index (χ2v) is 9.78. The first kappa shape index (κ1) is 26.7. The van der Waals surface area contributed by atoms with Gasteiger partial charge in [0.25, 0.3) is 5.91 Å². The highest BCUT2D eigenvalue weighted by molar-refractivity contribution is 6.01. The van der Waals surface area contributed by atoms with Crippen LogP contribution in [0.2, 0.25) is 0 Å². The molecular weight excluding hydrogens is 476 g/mol. The molecule has 7 nitrogen and oxygen atoms in total. The molecule has 0 bridgehead atoms. The number of benzene rings is 3. The van der Waals surface area contributed by atoms with Crippen LogP contribution in [0.3, 0.4) is 0 Å². The Hall–Kier alpha value is -4.39. The topological polar surface area (TPSA) is 76.5 Å². The molecule has 1 aromatic heterocycles. The van der Waals surface area contributed by atoms with Crippen molar-refractivity contribution in [2.75, 3.05) is 25.5 Å². The number of anilines is 1. The summed E-state index contributed by atoms with van der Waals surface area (Å²) in [6.45, 7) is 8.34. The number of carbonyl (C=O) groups excluding carboxylic acids is 2. The summed E-state index contributed by atoms with van der Waals surface area (Å²) < 4.78 is 7.03. The van der Waals surface area contributed by atoms with Gasteiger partial charge in [-0.1, -0.05) is 61.9 Å². The lowest BCUT2D eigenvalue weighted by Gasteiger charge is -2.24. The van der Waals surface area contributed by atoms with Gasteiger partial charge >= 0.3 is 0 Å². The van der Waals surface area contributed by atoms with Crippen molar-refractivity contribution in [3.8, 4) is 22.6 Å². The van der Waals surface area contributed by atoms with Gasteiger partial charge in [0.05, 0.1) is 18.5 Å². The second-order valence-electron chi connectivity index (χ2n) is 9.78. The van der Waals surface area contributed by atoms with E-state index in [1.54, 1.807) is 28.8 Å². The average Bonchev–Trinajstić information content (AvgIpc) is 3.23. The predicted molar refractivity (Wildman–Crippen MR) is 151 cm³/mol. The van der Waals surface area contributed by atoms with Crippen molar-refractivity contribution in [3.05, 3.63) is 95.7 Å². The average molecular weight is 511 g/mol. The number of amides is 2. The zero-order chi connectivity index (χ0) is 27.2. The third-order valence-electron chi connectivity index (χ3n) is 6.20. The fourth-order valence-electron chi connectivity index (χ4n) is 4.39. The van der Waals surface area contributed by atoms with Crippen LogP contribution in [-0.4, -0.2) is 46.7 Å². The Bertz CT molecular complexity index is 1390. The number of hydrogen-bond acceptors (Lipinski definition) is 4. The van der Waals surface area contributed by atoms with E-state index in [4.69, 9.17) is 9.84 Å². The molecule has 4 rings (SSSR count). The van der Waals surface area contributed by atoms with E-state index in [0.717, 1.165) is 33.8 Å². The number of hydrogen-bond donors (Lipinski definition) is 1. The molecule has 4 aromatic rings. The van der Waals surface area contributed by atoms with Gasteiger partial charge < -0.3 is 15.0 Å². The van der Waals surface area contributed by atoms with E-state index < -0.39 is 0 Å². The molecule has 0 unspecified atom stereocenters. The standard InChI is InChI=1S/C31H34N4O3/c1-21(2)19-34(31(37)25-13-11-22(3)12-14-25)20-28(36)32-30-29(24-9-7-6-8-10-24)23(4)33-35(30)26-15-17-27(38-5)18-16-26/h6-18,21H,19-20H2,1-5H3,(H,32,36). The lowest BCUT2D eigenvalue weighted by molar-refractivity contribution is -0.117. The van der Waals surface area contributed by atoms with E-state index in [2.05, 4.69) is 5.32 Å². The Morgan fingerprint density at radius 1 is 0.947 bits per heavy atom. The summed E-state index contributed by atoms with van der Waals surface area (Å²) in [5.74, 6) is 1.01. The van der Waals surface area contributed by atoms with E-state index in [-0.39, 0.29) is 24.3 Å². The van der Waals surface area contributed by atoms with Gasteiger partial charge in [-0.3, -0.25) is 9.59 Å². The summed E-state index contributed by atoms with van der Waals surface area (Å²) in [5.41, 5.74) is 4.96. The van der Waals surface area contributed by atoms with Crippen molar-refractivity contribution in [2.45, 2.75) is 27.7 Å². The van der Waals surface area contributed by atoms with Gasteiger partial charge in [0.2, 0.25) is 5.91 Å². The Morgan fingerprint density at radius 3 is 2.21 bits per heavy atom. The summed E-state index contributed by atoms with van der Waals surface area (Å²) in [5, 5.41) is 7.85. The predicted octanol–water partition coefficient (Wildman–Crippen LogP) is 5.90. The molecule has 7 heteroatoms. The maximum Gasteiger partial charge on any atom is 0.254 e. The lowest BCUT2D eigenvalue weighted by Crippen LogP contribution is -2.40. The first-order valence-corrected chi connectivity index (χ1v) is 12.7. The lowest BCUT2D eigenvalue weighted by atomic mass is 10.1. The minimum absolute atomic E-state index is 0.0774. The van der Waals surface area contributed by atoms with Crippen molar-refractivity contribution < 1.29 is 14.3 Å². The van der Waals surface area contributed by atoms with E-state index >= 15 is 0 Å². The number of rotatable bonds is 9. The third-order valence-corrected chi connectivity index (χ3v) is 6.20. The summed E-state index contributed by atoms with van der Waals surface area (Å²) in [7, 11) is 1.62. The SMILES string of the molecule is COc1ccc(-n2nc(C)c(-c3ccccc3)c2NC(=O)CN(CC(C)C)C(=O)c2ccc(C)cc2)cc1. The minimum Gasteiger partial charge on any atom is -0.497 e. The number of carbonyl (C=O) groups is 2. The molecule has 1 heterocycles. The Labute approximate surface area is 224 Å². The number of nitrogens with zero attached hydrogens (tertiary/aromatic N) is 3. The van der Waals surface area contributed by atoms with Crippen LogP contribution in [-0.2, 0) is 4.79 Å². The third kappa shape index (κ3) is 6.11. The molecule has 1 N–H and O–H groups in total. The van der Waals surface area contributed by atoms with Crippen LogP contribution < -0.4 is 10.1 Å². The van der Waals surface area contributed by atoms with Crippen LogP contribution in [0.4, 0.5) is 5.82 Å². The maximum atomic E-state index is 13.5. The Balaban J connectivity index is 1.68. The summed E-state index contributed by atoms with van der Waals surface area (Å²) in [4.78, 5) is 28.4. The molecule has 0 aliphatic carbocycles. The molecule has 196 valence electrons. The number of aromatic nitrogens is 2.